The molecule has 0 radical (unpaired) electrons. The predicted molar refractivity (Wildman–Crippen MR) is 114 cm³/mol. The number of nitrogens with one attached hydrogen (secondary N) is 1. The summed E-state index contributed by atoms with van der Waals surface area (Å²) in [5, 5.41) is 16.0. The average Bonchev–Trinajstić information content (AvgIpc) is 2.78. The van der Waals surface area contributed by atoms with E-state index in [1.54, 1.807) is 18.2 Å². The Morgan fingerprint density at radius 1 is 1.06 bits per heavy atom. The number of carbonyl (C=O) groups excluding carboxylic acids is 2. The Labute approximate surface area is 184 Å². The number of rotatable bonds is 10. The van der Waals surface area contributed by atoms with Crippen LogP contribution in [-0.4, -0.2) is 72.9 Å². The van der Waals surface area contributed by atoms with Crippen LogP contribution < -0.4 is 10.9 Å². The van der Waals surface area contributed by atoms with Crippen LogP contribution >= 0.6 is 0 Å². The number of imide groups is 1. The quantitative estimate of drug-likeness (QED) is 0.293. The van der Waals surface area contributed by atoms with Crippen molar-refractivity contribution in [2.45, 2.75) is 18.9 Å². The molecule has 170 valence electrons. The van der Waals surface area contributed by atoms with Gasteiger partial charge in [0.2, 0.25) is 5.91 Å². The number of piperidine rings is 1. The monoisotopic (exact) mass is 443 g/mol. The van der Waals surface area contributed by atoms with Crippen LogP contribution in [0.4, 0.5) is 0 Å². The first kappa shape index (κ1) is 23.6. The Kier molecular flexibility index (Phi) is 8.89. The molecule has 3 rings (SSSR count). The zero-order chi connectivity index (χ0) is 22.8. The third-order valence-corrected chi connectivity index (χ3v) is 4.74. The standard InChI is InChI=1S/C22H25N3O7/c26-8-10-31-12-14-32-13-11-30-9-2-4-16-3-1-5-17-18(16)15-23-25(22(17)29)19-6-7-20(27)24-21(19)28/h1,3,5,15,19,26H,6-14H2,(H,24,27,28). The predicted octanol–water partition coefficient (Wildman–Crippen LogP) is -0.232. The van der Waals surface area contributed by atoms with Crippen LogP contribution in [0, 0.1) is 11.8 Å². The van der Waals surface area contributed by atoms with E-state index in [1.165, 1.54) is 6.20 Å². The third-order valence-electron chi connectivity index (χ3n) is 4.74. The molecule has 1 aromatic heterocycles. The number of aromatic nitrogens is 2. The molecule has 2 N–H and O–H groups in total. The zero-order valence-corrected chi connectivity index (χ0v) is 17.5. The lowest BCUT2D eigenvalue weighted by Gasteiger charge is -2.21. The molecule has 0 spiro atoms. The molecule has 1 aliphatic heterocycles. The molecule has 1 aromatic carbocycles. The van der Waals surface area contributed by atoms with Gasteiger partial charge in [-0.1, -0.05) is 17.9 Å². The molecule has 1 atom stereocenters. The largest absolute Gasteiger partial charge is 0.394 e. The van der Waals surface area contributed by atoms with E-state index in [2.05, 4.69) is 22.3 Å². The van der Waals surface area contributed by atoms with Gasteiger partial charge in [-0.05, 0) is 18.6 Å². The summed E-state index contributed by atoms with van der Waals surface area (Å²) in [6.45, 7) is 2.11. The van der Waals surface area contributed by atoms with Gasteiger partial charge in [-0.25, -0.2) is 4.68 Å². The third kappa shape index (κ3) is 6.21. The lowest BCUT2D eigenvalue weighted by atomic mass is 10.1. The smallest absolute Gasteiger partial charge is 0.275 e. The van der Waals surface area contributed by atoms with Gasteiger partial charge in [0.05, 0.1) is 51.2 Å². The first-order chi connectivity index (χ1) is 15.6. The van der Waals surface area contributed by atoms with Crippen molar-refractivity contribution in [1.82, 2.24) is 15.1 Å². The van der Waals surface area contributed by atoms with Gasteiger partial charge in [-0.3, -0.25) is 19.7 Å². The van der Waals surface area contributed by atoms with E-state index in [0.717, 1.165) is 4.68 Å². The molecule has 0 bridgehead atoms. The van der Waals surface area contributed by atoms with E-state index in [1.807, 2.05) is 0 Å². The highest BCUT2D eigenvalue weighted by molar-refractivity contribution is 5.99. The molecule has 10 nitrogen and oxygen atoms in total. The summed E-state index contributed by atoms with van der Waals surface area (Å²) in [6.07, 6.45) is 1.91. The van der Waals surface area contributed by atoms with Crippen molar-refractivity contribution in [3.8, 4) is 11.8 Å². The minimum Gasteiger partial charge on any atom is -0.394 e. The number of aliphatic hydroxyl groups is 1. The number of hydrogen-bond donors (Lipinski definition) is 2. The fraction of sp³-hybridized carbons (Fsp3) is 0.455. The summed E-state index contributed by atoms with van der Waals surface area (Å²) < 4.78 is 16.9. The maximum absolute atomic E-state index is 12.9. The fourth-order valence-electron chi connectivity index (χ4n) is 3.19. The minimum absolute atomic E-state index is 0.00941. The van der Waals surface area contributed by atoms with Gasteiger partial charge in [0.15, 0.2) is 0 Å². The van der Waals surface area contributed by atoms with E-state index < -0.39 is 17.5 Å². The highest BCUT2D eigenvalue weighted by Crippen LogP contribution is 2.18. The molecule has 2 aromatic rings. The summed E-state index contributed by atoms with van der Waals surface area (Å²) >= 11 is 0. The lowest BCUT2D eigenvalue weighted by Crippen LogP contribution is -2.45. The summed E-state index contributed by atoms with van der Waals surface area (Å²) in [5.41, 5.74) is 0.223. The normalized spacial score (nSPS) is 16.0. The van der Waals surface area contributed by atoms with Gasteiger partial charge in [0, 0.05) is 17.4 Å². The molecule has 32 heavy (non-hydrogen) atoms. The topological polar surface area (TPSA) is 129 Å². The van der Waals surface area contributed by atoms with Crippen LogP contribution in [0.25, 0.3) is 10.8 Å². The van der Waals surface area contributed by atoms with Crippen molar-refractivity contribution in [3.63, 3.8) is 0 Å². The first-order valence-corrected chi connectivity index (χ1v) is 10.3. The molecule has 0 aliphatic carbocycles. The van der Waals surface area contributed by atoms with Gasteiger partial charge in [-0.2, -0.15) is 5.10 Å². The number of hydrogen-bond acceptors (Lipinski definition) is 8. The van der Waals surface area contributed by atoms with E-state index in [9.17, 15) is 14.4 Å². The van der Waals surface area contributed by atoms with Crippen molar-refractivity contribution >= 4 is 22.6 Å². The molecule has 1 unspecified atom stereocenters. The Morgan fingerprint density at radius 3 is 2.56 bits per heavy atom. The average molecular weight is 443 g/mol. The van der Waals surface area contributed by atoms with Gasteiger partial charge < -0.3 is 19.3 Å². The molecule has 10 heteroatoms. The number of nitrogens with zero attached hydrogens (tertiary/aromatic N) is 2. The van der Waals surface area contributed by atoms with Gasteiger partial charge >= 0.3 is 0 Å². The van der Waals surface area contributed by atoms with Crippen molar-refractivity contribution in [2.24, 2.45) is 0 Å². The summed E-state index contributed by atoms with van der Waals surface area (Å²) in [4.78, 5) is 36.3. The summed E-state index contributed by atoms with van der Waals surface area (Å²) in [5.74, 6) is 5.01. The van der Waals surface area contributed by atoms with Gasteiger partial charge in [0.25, 0.3) is 11.5 Å². The second kappa shape index (κ2) is 12.1. The molecule has 1 fully saturated rings. The first-order valence-electron chi connectivity index (χ1n) is 10.3. The van der Waals surface area contributed by atoms with Crippen molar-refractivity contribution in [1.29, 1.82) is 0 Å². The molecular weight excluding hydrogens is 418 g/mol. The molecule has 1 saturated heterocycles. The Morgan fingerprint density at radius 2 is 1.81 bits per heavy atom. The second-order valence-electron chi connectivity index (χ2n) is 6.93. The Hall–Kier alpha value is -3.10. The van der Waals surface area contributed by atoms with Crippen LogP contribution in [0.3, 0.4) is 0 Å². The molecule has 0 saturated carbocycles. The maximum Gasteiger partial charge on any atom is 0.275 e. The lowest BCUT2D eigenvalue weighted by molar-refractivity contribution is -0.136. The molecular formula is C22H25N3O7. The van der Waals surface area contributed by atoms with Crippen LogP contribution in [-0.2, 0) is 23.8 Å². The summed E-state index contributed by atoms with van der Waals surface area (Å²) in [7, 11) is 0. The minimum atomic E-state index is -0.809. The van der Waals surface area contributed by atoms with Crippen LogP contribution in [0.2, 0.25) is 0 Å². The van der Waals surface area contributed by atoms with E-state index in [0.29, 0.717) is 49.4 Å². The van der Waals surface area contributed by atoms with Gasteiger partial charge in [0.1, 0.15) is 12.6 Å². The Bertz CT molecular complexity index is 1070. The Balaban J connectivity index is 1.57. The SMILES string of the molecule is O=C1CCC(n2ncc3c(C#CCOCCOCCOCCO)cccc3c2=O)C(=O)N1. The number of ether oxygens (including phenoxy) is 3. The van der Waals surface area contributed by atoms with Crippen LogP contribution in [0.1, 0.15) is 24.4 Å². The number of amides is 2. The number of benzene rings is 1. The van der Waals surface area contributed by atoms with Crippen LogP contribution in [0.15, 0.2) is 29.2 Å². The number of carbonyl (C=O) groups is 2. The molecule has 2 heterocycles. The van der Waals surface area contributed by atoms with Gasteiger partial charge in [-0.15, -0.1) is 0 Å². The van der Waals surface area contributed by atoms with E-state index in [4.69, 9.17) is 19.3 Å². The maximum atomic E-state index is 12.9. The highest BCUT2D eigenvalue weighted by Gasteiger charge is 2.29. The number of aliphatic hydroxyl groups excluding tert-OH is 1. The second-order valence-corrected chi connectivity index (χ2v) is 6.93. The summed E-state index contributed by atoms with van der Waals surface area (Å²) in [6, 6.07) is 4.35. The number of fused-ring (bicyclic) bond motifs is 1. The van der Waals surface area contributed by atoms with Crippen LogP contribution in [0.5, 0.6) is 0 Å². The van der Waals surface area contributed by atoms with E-state index in [-0.39, 0.29) is 32.0 Å². The zero-order valence-electron chi connectivity index (χ0n) is 17.5. The fourth-order valence-corrected chi connectivity index (χ4v) is 3.19. The van der Waals surface area contributed by atoms with Crippen molar-refractivity contribution < 1.29 is 28.9 Å². The highest BCUT2D eigenvalue weighted by atomic mass is 16.5. The van der Waals surface area contributed by atoms with E-state index >= 15 is 0 Å². The molecule has 2 amide bonds. The van der Waals surface area contributed by atoms with Crippen molar-refractivity contribution in [3.05, 3.63) is 40.3 Å². The molecule has 1 aliphatic rings. The van der Waals surface area contributed by atoms with Crippen molar-refractivity contribution in [2.75, 3.05) is 46.2 Å².